The minimum absolute atomic E-state index is 0.269. The number of unbranched alkanes of at least 4 members (excludes halogenated alkanes) is 1. The first-order valence-electron chi connectivity index (χ1n) is 5.09. The van der Waals surface area contributed by atoms with Gasteiger partial charge in [0.15, 0.2) is 0 Å². The maximum absolute atomic E-state index is 13.3. The zero-order valence-electron chi connectivity index (χ0n) is 8.83. The third-order valence-corrected chi connectivity index (χ3v) is 2.11. The number of rotatable bonds is 6. The summed E-state index contributed by atoms with van der Waals surface area (Å²) in [6, 6.07) is 4.41. The molecule has 0 saturated heterocycles. The van der Waals surface area contributed by atoms with Crippen molar-refractivity contribution >= 4 is 6.29 Å². The van der Waals surface area contributed by atoms with Crippen LogP contribution < -0.4 is 0 Å². The van der Waals surface area contributed by atoms with Crippen LogP contribution in [0.3, 0.4) is 0 Å². The van der Waals surface area contributed by atoms with Gasteiger partial charge >= 0.3 is 0 Å². The number of carbonyl (C=O) groups is 1. The fraction of sp³-hybridized carbons (Fsp3) is 0.417. The molecular formula is C12H15FO2. The van der Waals surface area contributed by atoms with Crippen LogP contribution >= 0.6 is 0 Å². The van der Waals surface area contributed by atoms with Crippen LogP contribution in [0.5, 0.6) is 0 Å². The van der Waals surface area contributed by atoms with Gasteiger partial charge in [-0.15, -0.1) is 0 Å². The van der Waals surface area contributed by atoms with E-state index in [2.05, 4.69) is 6.92 Å². The van der Waals surface area contributed by atoms with Crippen molar-refractivity contribution in [3.8, 4) is 0 Å². The summed E-state index contributed by atoms with van der Waals surface area (Å²) in [6.07, 6.45) is 2.67. The first-order valence-corrected chi connectivity index (χ1v) is 5.09. The van der Waals surface area contributed by atoms with Crippen LogP contribution in [0.1, 0.15) is 35.7 Å². The lowest BCUT2D eigenvalue weighted by atomic mass is 10.1. The van der Waals surface area contributed by atoms with Gasteiger partial charge in [-0.1, -0.05) is 25.5 Å². The molecule has 0 radical (unpaired) electrons. The summed E-state index contributed by atoms with van der Waals surface area (Å²) < 4.78 is 18.6. The van der Waals surface area contributed by atoms with Gasteiger partial charge in [-0.05, 0) is 12.5 Å². The van der Waals surface area contributed by atoms with Gasteiger partial charge in [-0.25, -0.2) is 4.39 Å². The Morgan fingerprint density at radius 2 is 2.27 bits per heavy atom. The molecule has 15 heavy (non-hydrogen) atoms. The number of halogens is 1. The smallest absolute Gasteiger partial charge is 0.150 e. The monoisotopic (exact) mass is 210 g/mol. The maximum Gasteiger partial charge on any atom is 0.150 e. The van der Waals surface area contributed by atoms with Gasteiger partial charge in [0.05, 0.1) is 6.61 Å². The van der Waals surface area contributed by atoms with Crippen molar-refractivity contribution in [3.05, 3.63) is 35.1 Å². The zero-order valence-corrected chi connectivity index (χ0v) is 8.83. The van der Waals surface area contributed by atoms with E-state index in [0.717, 1.165) is 12.8 Å². The van der Waals surface area contributed by atoms with Gasteiger partial charge in [0.2, 0.25) is 0 Å². The lowest BCUT2D eigenvalue weighted by molar-refractivity contribution is 0.111. The second-order valence-corrected chi connectivity index (χ2v) is 3.37. The molecule has 0 heterocycles. The first-order chi connectivity index (χ1) is 7.27. The Kier molecular flexibility index (Phi) is 4.98. The summed E-state index contributed by atoms with van der Waals surface area (Å²) in [6.45, 7) is 2.99. The van der Waals surface area contributed by atoms with Crippen molar-refractivity contribution in [1.82, 2.24) is 0 Å². The van der Waals surface area contributed by atoms with E-state index in [1.165, 1.54) is 6.07 Å². The fourth-order valence-electron chi connectivity index (χ4n) is 1.18. The van der Waals surface area contributed by atoms with Crippen LogP contribution in [0.4, 0.5) is 4.39 Å². The summed E-state index contributed by atoms with van der Waals surface area (Å²) in [5, 5.41) is 0. The van der Waals surface area contributed by atoms with Crippen LogP contribution in [-0.4, -0.2) is 12.9 Å². The molecule has 0 aliphatic heterocycles. The Balaban J connectivity index is 2.50. The van der Waals surface area contributed by atoms with E-state index < -0.39 is 0 Å². The van der Waals surface area contributed by atoms with Crippen LogP contribution in [0.25, 0.3) is 0 Å². The van der Waals surface area contributed by atoms with Gasteiger partial charge in [-0.2, -0.15) is 0 Å². The van der Waals surface area contributed by atoms with E-state index in [9.17, 15) is 9.18 Å². The summed E-state index contributed by atoms with van der Waals surface area (Å²) >= 11 is 0. The molecule has 0 saturated carbocycles. The van der Waals surface area contributed by atoms with E-state index in [4.69, 9.17) is 4.74 Å². The second-order valence-electron chi connectivity index (χ2n) is 3.37. The highest BCUT2D eigenvalue weighted by Crippen LogP contribution is 2.10. The standard InChI is InChI=1S/C12H15FO2/c1-2-3-6-15-9-11-5-4-10(8-14)7-12(11)13/h4-5,7-8H,2-3,6,9H2,1H3. The molecule has 0 N–H and O–H groups in total. The molecule has 1 aromatic rings. The molecule has 0 fully saturated rings. The Bertz CT molecular complexity index is 323. The average Bonchev–Trinajstić information content (AvgIpc) is 2.26. The molecule has 0 spiro atoms. The number of aldehydes is 1. The van der Waals surface area contributed by atoms with Crippen molar-refractivity contribution < 1.29 is 13.9 Å². The van der Waals surface area contributed by atoms with Gasteiger partial charge in [-0.3, -0.25) is 4.79 Å². The number of hydrogen-bond donors (Lipinski definition) is 0. The molecule has 0 atom stereocenters. The molecule has 1 aromatic carbocycles. The van der Waals surface area contributed by atoms with Crippen molar-refractivity contribution in [2.24, 2.45) is 0 Å². The Morgan fingerprint density at radius 1 is 1.47 bits per heavy atom. The molecule has 0 bridgehead atoms. The molecule has 0 amide bonds. The molecule has 0 unspecified atom stereocenters. The summed E-state index contributed by atoms with van der Waals surface area (Å²) in [5.74, 6) is -0.379. The first kappa shape index (κ1) is 11.9. The predicted octanol–water partition coefficient (Wildman–Crippen LogP) is 2.95. The van der Waals surface area contributed by atoms with Crippen LogP contribution in [0.2, 0.25) is 0 Å². The van der Waals surface area contributed by atoms with Gasteiger partial charge in [0.25, 0.3) is 0 Å². The molecule has 0 aliphatic rings. The van der Waals surface area contributed by atoms with Crippen molar-refractivity contribution in [2.45, 2.75) is 26.4 Å². The molecule has 2 nitrogen and oxygen atoms in total. The van der Waals surface area contributed by atoms with Crippen LogP contribution in [0.15, 0.2) is 18.2 Å². The van der Waals surface area contributed by atoms with E-state index in [1.54, 1.807) is 12.1 Å². The molecule has 82 valence electrons. The quantitative estimate of drug-likeness (QED) is 0.533. The van der Waals surface area contributed by atoms with Crippen LogP contribution in [-0.2, 0) is 11.3 Å². The topological polar surface area (TPSA) is 26.3 Å². The van der Waals surface area contributed by atoms with E-state index in [1.807, 2.05) is 0 Å². The lowest BCUT2D eigenvalue weighted by Gasteiger charge is -2.05. The Morgan fingerprint density at radius 3 is 2.87 bits per heavy atom. The van der Waals surface area contributed by atoms with E-state index >= 15 is 0 Å². The Labute approximate surface area is 89.1 Å². The predicted molar refractivity (Wildman–Crippen MR) is 56.4 cm³/mol. The number of ether oxygens (including phenoxy) is 1. The van der Waals surface area contributed by atoms with Crippen molar-refractivity contribution in [1.29, 1.82) is 0 Å². The highest BCUT2D eigenvalue weighted by Gasteiger charge is 2.02. The van der Waals surface area contributed by atoms with Gasteiger partial charge in [0.1, 0.15) is 12.1 Å². The van der Waals surface area contributed by atoms with Gasteiger partial charge in [0, 0.05) is 17.7 Å². The highest BCUT2D eigenvalue weighted by atomic mass is 19.1. The highest BCUT2D eigenvalue weighted by molar-refractivity contribution is 5.74. The van der Waals surface area contributed by atoms with Crippen molar-refractivity contribution in [2.75, 3.05) is 6.61 Å². The summed E-state index contributed by atoms with van der Waals surface area (Å²) in [7, 11) is 0. The zero-order chi connectivity index (χ0) is 11.1. The lowest BCUT2D eigenvalue weighted by Crippen LogP contribution is -1.98. The maximum atomic E-state index is 13.3. The molecule has 1 rings (SSSR count). The largest absolute Gasteiger partial charge is 0.377 e. The minimum atomic E-state index is -0.379. The third-order valence-electron chi connectivity index (χ3n) is 2.11. The number of benzene rings is 1. The van der Waals surface area contributed by atoms with E-state index in [-0.39, 0.29) is 12.4 Å². The molecular weight excluding hydrogens is 195 g/mol. The number of carbonyl (C=O) groups excluding carboxylic acids is 1. The Hall–Kier alpha value is -1.22. The van der Waals surface area contributed by atoms with E-state index in [0.29, 0.717) is 24.0 Å². The van der Waals surface area contributed by atoms with Gasteiger partial charge < -0.3 is 4.74 Å². The third kappa shape index (κ3) is 3.80. The molecule has 0 aromatic heterocycles. The SMILES string of the molecule is CCCCOCc1ccc(C=O)cc1F. The molecule has 3 heteroatoms. The number of hydrogen-bond acceptors (Lipinski definition) is 2. The average molecular weight is 210 g/mol. The summed E-state index contributed by atoms with van der Waals surface area (Å²) in [4.78, 5) is 10.4. The minimum Gasteiger partial charge on any atom is -0.377 e. The van der Waals surface area contributed by atoms with Crippen LogP contribution in [0, 0.1) is 5.82 Å². The van der Waals surface area contributed by atoms with Crippen molar-refractivity contribution in [3.63, 3.8) is 0 Å². The summed E-state index contributed by atoms with van der Waals surface area (Å²) in [5.41, 5.74) is 0.849. The second kappa shape index (κ2) is 6.30. The molecule has 0 aliphatic carbocycles. The fourth-order valence-corrected chi connectivity index (χ4v) is 1.18. The normalized spacial score (nSPS) is 10.3.